The summed E-state index contributed by atoms with van der Waals surface area (Å²) in [4.78, 5) is 10.1. The second-order valence-electron chi connectivity index (χ2n) is 4.84. The molecule has 0 aliphatic rings. The van der Waals surface area contributed by atoms with E-state index in [9.17, 15) is 14.5 Å². The van der Waals surface area contributed by atoms with Crippen molar-refractivity contribution in [3.05, 3.63) is 34.1 Å². The molecule has 0 aliphatic heterocycles. The predicted octanol–water partition coefficient (Wildman–Crippen LogP) is 2.28. The quantitative estimate of drug-likeness (QED) is 0.274. The molecule has 110 valence electrons. The van der Waals surface area contributed by atoms with Crippen LogP contribution in [-0.2, 0) is 0 Å². The predicted molar refractivity (Wildman–Crippen MR) is 70.4 cm³/mol. The van der Waals surface area contributed by atoms with E-state index in [4.69, 9.17) is 15.7 Å². The van der Waals surface area contributed by atoms with Crippen molar-refractivity contribution >= 4 is 11.5 Å². The van der Waals surface area contributed by atoms with Gasteiger partial charge in [0.05, 0.1) is 11.5 Å². The van der Waals surface area contributed by atoms with Crippen LogP contribution in [0.5, 0.6) is 5.75 Å². The number of halogens is 1. The lowest BCUT2D eigenvalue weighted by Crippen LogP contribution is -2.33. The lowest BCUT2D eigenvalue weighted by Gasteiger charge is -2.22. The topological polar surface area (TPSA) is 111 Å². The minimum Gasteiger partial charge on any atom is -0.487 e. The van der Waals surface area contributed by atoms with Gasteiger partial charge in [-0.1, -0.05) is 19.0 Å². The Bertz CT molecular complexity index is 531. The number of hydrogen-bond donors (Lipinski definition) is 2. The smallest absolute Gasteiger partial charge is 0.311 e. The molecule has 0 aromatic heterocycles. The molecule has 0 saturated heterocycles. The van der Waals surface area contributed by atoms with Gasteiger partial charge in [0.1, 0.15) is 11.7 Å². The van der Waals surface area contributed by atoms with Crippen LogP contribution in [0.25, 0.3) is 0 Å². The van der Waals surface area contributed by atoms with Crippen molar-refractivity contribution in [3.8, 4) is 5.75 Å². The Morgan fingerprint density at radius 2 is 2.25 bits per heavy atom. The zero-order valence-electron chi connectivity index (χ0n) is 11.2. The average Bonchev–Trinajstić information content (AvgIpc) is 2.37. The molecule has 7 nitrogen and oxygen atoms in total. The Morgan fingerprint density at radius 1 is 1.60 bits per heavy atom. The summed E-state index contributed by atoms with van der Waals surface area (Å²) >= 11 is 0. The summed E-state index contributed by atoms with van der Waals surface area (Å²) in [5.41, 5.74) is 4.55. The molecule has 1 rings (SSSR count). The van der Waals surface area contributed by atoms with Gasteiger partial charge in [-0.3, -0.25) is 10.1 Å². The maximum atomic E-state index is 13.1. The first-order valence-electron chi connectivity index (χ1n) is 5.82. The van der Waals surface area contributed by atoms with Gasteiger partial charge in [-0.15, -0.1) is 0 Å². The Balaban J connectivity index is 2.76. The molecule has 0 heterocycles. The number of nitro groups is 1. The van der Waals surface area contributed by atoms with Gasteiger partial charge in [0.25, 0.3) is 0 Å². The normalized spacial score (nSPS) is 12.2. The third-order valence-electron chi connectivity index (χ3n) is 2.90. The number of hydrogen-bond acceptors (Lipinski definition) is 5. The van der Waals surface area contributed by atoms with Crippen LogP contribution in [-0.4, -0.2) is 22.6 Å². The molecule has 0 saturated carbocycles. The van der Waals surface area contributed by atoms with Gasteiger partial charge in [0.2, 0.25) is 0 Å². The van der Waals surface area contributed by atoms with E-state index < -0.39 is 16.2 Å². The summed E-state index contributed by atoms with van der Waals surface area (Å²) in [5, 5.41) is 22.3. The molecule has 3 N–H and O–H groups in total. The first-order chi connectivity index (χ1) is 9.27. The standard InChI is InChI=1S/C12H16FN3O4/c1-12(2,11(14)15-17)5-6-20-10-7-8(13)3-4-9(10)16(18)19/h3-4,7,17H,5-6H2,1-2H3,(H2,14,15). The first-order valence-corrected chi connectivity index (χ1v) is 5.82. The summed E-state index contributed by atoms with van der Waals surface area (Å²) in [6.45, 7) is 3.52. The van der Waals surface area contributed by atoms with E-state index in [1.54, 1.807) is 13.8 Å². The van der Waals surface area contributed by atoms with E-state index in [2.05, 4.69) is 5.16 Å². The number of nitrogens with two attached hydrogens (primary N) is 1. The van der Waals surface area contributed by atoms with Gasteiger partial charge in [0, 0.05) is 17.5 Å². The maximum absolute atomic E-state index is 13.1. The van der Waals surface area contributed by atoms with Gasteiger partial charge in [0.15, 0.2) is 5.75 Å². The fraction of sp³-hybridized carbons (Fsp3) is 0.417. The number of nitrogens with zero attached hydrogens (tertiary/aromatic N) is 2. The highest BCUT2D eigenvalue weighted by atomic mass is 19.1. The van der Waals surface area contributed by atoms with Crippen molar-refractivity contribution in [2.24, 2.45) is 16.3 Å². The minimum absolute atomic E-state index is 0.0230. The minimum atomic E-state index is -0.649. The molecule has 0 aliphatic carbocycles. The van der Waals surface area contributed by atoms with E-state index in [-0.39, 0.29) is 23.9 Å². The van der Waals surface area contributed by atoms with Gasteiger partial charge in [-0.2, -0.15) is 0 Å². The monoisotopic (exact) mass is 285 g/mol. The summed E-state index contributed by atoms with van der Waals surface area (Å²) < 4.78 is 18.3. The van der Waals surface area contributed by atoms with Gasteiger partial charge in [-0.05, 0) is 12.5 Å². The highest BCUT2D eigenvalue weighted by Crippen LogP contribution is 2.28. The maximum Gasteiger partial charge on any atom is 0.311 e. The number of nitro benzene ring substituents is 1. The molecule has 0 amide bonds. The Morgan fingerprint density at radius 3 is 2.80 bits per heavy atom. The molecule has 20 heavy (non-hydrogen) atoms. The third kappa shape index (κ3) is 3.81. The number of ether oxygens (including phenoxy) is 1. The largest absolute Gasteiger partial charge is 0.487 e. The summed E-state index contributed by atoms with van der Waals surface area (Å²) in [5.74, 6) is -0.749. The summed E-state index contributed by atoms with van der Waals surface area (Å²) in [6, 6.07) is 2.99. The average molecular weight is 285 g/mol. The van der Waals surface area contributed by atoms with Crippen molar-refractivity contribution in [3.63, 3.8) is 0 Å². The van der Waals surface area contributed by atoms with Gasteiger partial charge < -0.3 is 15.7 Å². The molecule has 0 unspecified atom stereocenters. The first kappa shape index (κ1) is 15.7. The molecule has 8 heteroatoms. The number of benzene rings is 1. The fourth-order valence-corrected chi connectivity index (χ4v) is 1.43. The van der Waals surface area contributed by atoms with Crippen LogP contribution in [0.4, 0.5) is 10.1 Å². The summed E-state index contributed by atoms with van der Waals surface area (Å²) in [6.07, 6.45) is 0.344. The van der Waals surface area contributed by atoms with E-state index in [1.165, 1.54) is 0 Å². The molecule has 0 spiro atoms. The van der Waals surface area contributed by atoms with E-state index >= 15 is 0 Å². The van der Waals surface area contributed by atoms with E-state index in [0.717, 1.165) is 18.2 Å². The van der Waals surface area contributed by atoms with Crippen LogP contribution in [0.15, 0.2) is 23.4 Å². The molecule has 0 atom stereocenters. The second-order valence-corrected chi connectivity index (χ2v) is 4.84. The molecule has 0 bridgehead atoms. The van der Waals surface area contributed by atoms with Crippen molar-refractivity contribution in [1.82, 2.24) is 0 Å². The van der Waals surface area contributed by atoms with Crippen LogP contribution >= 0.6 is 0 Å². The van der Waals surface area contributed by atoms with E-state index in [0.29, 0.717) is 6.42 Å². The fourth-order valence-electron chi connectivity index (χ4n) is 1.43. The number of amidine groups is 1. The van der Waals surface area contributed by atoms with Crippen LogP contribution in [0.2, 0.25) is 0 Å². The highest BCUT2D eigenvalue weighted by Gasteiger charge is 2.24. The van der Waals surface area contributed by atoms with Crippen molar-refractivity contribution < 1.29 is 19.3 Å². The van der Waals surface area contributed by atoms with Gasteiger partial charge >= 0.3 is 5.69 Å². The Kier molecular flexibility index (Phi) is 4.84. The molecular weight excluding hydrogens is 269 g/mol. The third-order valence-corrected chi connectivity index (χ3v) is 2.90. The molecule has 0 radical (unpaired) electrons. The second kappa shape index (κ2) is 6.18. The van der Waals surface area contributed by atoms with Crippen LogP contribution in [0.3, 0.4) is 0 Å². The summed E-state index contributed by atoms with van der Waals surface area (Å²) in [7, 11) is 0. The van der Waals surface area contributed by atoms with Crippen molar-refractivity contribution in [1.29, 1.82) is 0 Å². The van der Waals surface area contributed by atoms with E-state index in [1.807, 2.05) is 0 Å². The lowest BCUT2D eigenvalue weighted by molar-refractivity contribution is -0.385. The number of oxime groups is 1. The molecule has 0 fully saturated rings. The zero-order chi connectivity index (χ0) is 15.3. The van der Waals surface area contributed by atoms with Gasteiger partial charge in [-0.25, -0.2) is 4.39 Å². The Labute approximate surface area is 115 Å². The zero-order valence-corrected chi connectivity index (χ0v) is 11.2. The number of rotatable bonds is 6. The molecule has 1 aromatic carbocycles. The SMILES string of the molecule is CC(C)(CCOc1cc(F)ccc1[N+](=O)[O-])C(N)=NO. The Hall–Kier alpha value is -2.38. The van der Waals surface area contributed by atoms with Crippen LogP contribution in [0, 0.1) is 21.3 Å². The van der Waals surface area contributed by atoms with Crippen LogP contribution in [0.1, 0.15) is 20.3 Å². The highest BCUT2D eigenvalue weighted by molar-refractivity contribution is 5.85. The van der Waals surface area contributed by atoms with Crippen molar-refractivity contribution in [2.45, 2.75) is 20.3 Å². The lowest BCUT2D eigenvalue weighted by atomic mass is 9.88. The van der Waals surface area contributed by atoms with Crippen molar-refractivity contribution in [2.75, 3.05) is 6.61 Å². The molecule has 1 aromatic rings. The molecular formula is C12H16FN3O4. The van der Waals surface area contributed by atoms with Crippen LogP contribution < -0.4 is 10.5 Å².